The molecule has 26 heavy (non-hydrogen) atoms. The van der Waals surface area contributed by atoms with Gasteiger partial charge < -0.3 is 9.47 Å². The predicted molar refractivity (Wildman–Crippen MR) is 103 cm³/mol. The van der Waals surface area contributed by atoms with Gasteiger partial charge in [-0.2, -0.15) is 5.26 Å². The van der Waals surface area contributed by atoms with Crippen LogP contribution in [0.4, 0.5) is 5.69 Å². The number of anilines is 1. The monoisotopic (exact) mass is 371 g/mol. The van der Waals surface area contributed by atoms with E-state index in [1.165, 1.54) is 16.2 Å². The summed E-state index contributed by atoms with van der Waals surface area (Å²) in [5, 5.41) is 11.7. The van der Waals surface area contributed by atoms with E-state index < -0.39 is 9.84 Å². The Balaban J connectivity index is 1.98. The quantitative estimate of drug-likeness (QED) is 0.826. The molecule has 1 fully saturated rings. The zero-order chi connectivity index (χ0) is 18.9. The van der Waals surface area contributed by atoms with Crippen LogP contribution in [-0.4, -0.2) is 32.3 Å². The molecule has 136 valence electrons. The third kappa shape index (κ3) is 3.51. The minimum absolute atomic E-state index is 0.163. The fourth-order valence-corrected chi connectivity index (χ4v) is 3.99. The first-order chi connectivity index (χ1) is 12.3. The SMILES string of the molecule is Cn1c(=O)c(C#N)c(N2CCC(/C=C/S(C)(=O)=O)CC2)c2ccccc21. The molecule has 1 aliphatic heterocycles. The molecule has 3 rings (SSSR count). The van der Waals surface area contributed by atoms with Crippen molar-refractivity contribution in [2.45, 2.75) is 12.8 Å². The number of para-hydroxylation sites is 1. The molecule has 0 bridgehead atoms. The first-order valence-corrected chi connectivity index (χ1v) is 10.4. The first kappa shape index (κ1) is 18.2. The maximum Gasteiger partial charge on any atom is 0.270 e. The van der Waals surface area contributed by atoms with Crippen LogP contribution < -0.4 is 10.5 Å². The second kappa shape index (κ2) is 6.96. The van der Waals surface area contributed by atoms with Gasteiger partial charge in [0.05, 0.1) is 11.2 Å². The lowest BCUT2D eigenvalue weighted by molar-refractivity contribution is 0.479. The van der Waals surface area contributed by atoms with E-state index in [2.05, 4.69) is 11.0 Å². The number of hydrogen-bond donors (Lipinski definition) is 0. The Kier molecular flexibility index (Phi) is 4.88. The maximum atomic E-state index is 12.6. The third-order valence-corrected chi connectivity index (χ3v) is 5.49. The highest BCUT2D eigenvalue weighted by atomic mass is 32.2. The van der Waals surface area contributed by atoms with Crippen LogP contribution in [0.15, 0.2) is 40.5 Å². The van der Waals surface area contributed by atoms with E-state index in [0.29, 0.717) is 18.8 Å². The van der Waals surface area contributed by atoms with Crippen molar-refractivity contribution in [2.24, 2.45) is 13.0 Å². The molecule has 0 unspecified atom stereocenters. The predicted octanol–water partition coefficient (Wildman–Crippen LogP) is 2.18. The summed E-state index contributed by atoms with van der Waals surface area (Å²) in [6, 6.07) is 9.67. The number of aryl methyl sites for hydroxylation is 1. The Hall–Kier alpha value is -2.59. The molecule has 0 amide bonds. The van der Waals surface area contributed by atoms with Crippen LogP contribution in [-0.2, 0) is 16.9 Å². The largest absolute Gasteiger partial charge is 0.370 e. The number of pyridine rings is 1. The van der Waals surface area contributed by atoms with Gasteiger partial charge in [0.2, 0.25) is 0 Å². The summed E-state index contributed by atoms with van der Waals surface area (Å²) in [5.41, 5.74) is 1.36. The summed E-state index contributed by atoms with van der Waals surface area (Å²) >= 11 is 0. The molecule has 0 atom stereocenters. The highest BCUT2D eigenvalue weighted by molar-refractivity contribution is 7.93. The molecule has 1 saturated heterocycles. The lowest BCUT2D eigenvalue weighted by Crippen LogP contribution is -2.36. The zero-order valence-electron chi connectivity index (χ0n) is 14.8. The van der Waals surface area contributed by atoms with Gasteiger partial charge in [-0.3, -0.25) is 4.79 Å². The number of fused-ring (bicyclic) bond motifs is 1. The van der Waals surface area contributed by atoms with Crippen LogP contribution in [0, 0.1) is 17.2 Å². The van der Waals surface area contributed by atoms with Crippen LogP contribution in [0.25, 0.3) is 10.9 Å². The van der Waals surface area contributed by atoms with Crippen molar-refractivity contribution in [3.8, 4) is 6.07 Å². The van der Waals surface area contributed by atoms with Crippen LogP contribution in [0.1, 0.15) is 18.4 Å². The van der Waals surface area contributed by atoms with Crippen LogP contribution in [0.3, 0.4) is 0 Å². The lowest BCUT2D eigenvalue weighted by Gasteiger charge is -2.33. The van der Waals surface area contributed by atoms with Crippen molar-refractivity contribution in [3.05, 3.63) is 51.7 Å². The van der Waals surface area contributed by atoms with Crippen molar-refractivity contribution >= 4 is 26.4 Å². The Morgan fingerprint density at radius 2 is 1.88 bits per heavy atom. The summed E-state index contributed by atoms with van der Waals surface area (Å²) in [5.74, 6) is 0.185. The summed E-state index contributed by atoms with van der Waals surface area (Å²) < 4.78 is 24.1. The second-order valence-electron chi connectivity index (χ2n) is 6.70. The number of nitriles is 1. The minimum atomic E-state index is -3.12. The molecular formula is C19H21N3O3S. The Morgan fingerprint density at radius 1 is 1.23 bits per heavy atom. The maximum absolute atomic E-state index is 12.6. The van der Waals surface area contributed by atoms with Crippen molar-refractivity contribution < 1.29 is 8.42 Å². The summed E-state index contributed by atoms with van der Waals surface area (Å²) in [7, 11) is -1.44. The molecule has 1 aromatic carbocycles. The average molecular weight is 371 g/mol. The van der Waals surface area contributed by atoms with Crippen LogP contribution in [0.5, 0.6) is 0 Å². The number of allylic oxidation sites excluding steroid dienone is 1. The Labute approximate surface area is 152 Å². The lowest BCUT2D eigenvalue weighted by atomic mass is 9.95. The number of rotatable bonds is 3. The Morgan fingerprint density at radius 3 is 2.50 bits per heavy atom. The zero-order valence-corrected chi connectivity index (χ0v) is 15.7. The fourth-order valence-electron chi connectivity index (χ4n) is 3.48. The van der Waals surface area contributed by atoms with E-state index in [-0.39, 0.29) is 17.0 Å². The molecular weight excluding hydrogens is 350 g/mol. The molecule has 0 aliphatic carbocycles. The standard InChI is InChI=1S/C19H21N3O3S/c1-21-17-6-4-3-5-15(17)18(16(13-20)19(21)23)22-10-7-14(8-11-22)9-12-26(2,24)25/h3-6,9,12,14H,7-8,10-11H2,1-2H3/b12-9+. The van der Waals surface area contributed by atoms with E-state index >= 15 is 0 Å². The average Bonchev–Trinajstić information content (AvgIpc) is 2.63. The van der Waals surface area contributed by atoms with Crippen LogP contribution in [0.2, 0.25) is 0 Å². The van der Waals surface area contributed by atoms with Gasteiger partial charge in [0.15, 0.2) is 9.84 Å². The van der Waals surface area contributed by atoms with Gasteiger partial charge in [-0.05, 0) is 24.8 Å². The molecule has 0 spiro atoms. The van der Waals surface area contributed by atoms with Crippen molar-refractivity contribution in [1.82, 2.24) is 4.57 Å². The molecule has 0 radical (unpaired) electrons. The molecule has 7 heteroatoms. The highest BCUT2D eigenvalue weighted by Crippen LogP contribution is 2.32. The number of piperidine rings is 1. The number of hydrogen-bond acceptors (Lipinski definition) is 5. The molecule has 1 aliphatic rings. The Bertz CT molecular complexity index is 1070. The van der Waals surface area contributed by atoms with Gasteiger partial charge in [-0.15, -0.1) is 0 Å². The van der Waals surface area contributed by atoms with Gasteiger partial charge in [0.25, 0.3) is 5.56 Å². The van der Waals surface area contributed by atoms with E-state index in [9.17, 15) is 18.5 Å². The van der Waals surface area contributed by atoms with Gasteiger partial charge >= 0.3 is 0 Å². The summed E-state index contributed by atoms with van der Waals surface area (Å²) in [6.45, 7) is 1.34. The minimum Gasteiger partial charge on any atom is -0.370 e. The number of nitrogens with zero attached hydrogens (tertiary/aromatic N) is 3. The van der Waals surface area contributed by atoms with Crippen molar-refractivity contribution in [3.63, 3.8) is 0 Å². The van der Waals surface area contributed by atoms with Crippen molar-refractivity contribution in [2.75, 3.05) is 24.2 Å². The first-order valence-electron chi connectivity index (χ1n) is 8.47. The smallest absolute Gasteiger partial charge is 0.270 e. The molecule has 6 nitrogen and oxygen atoms in total. The summed E-state index contributed by atoms with van der Waals surface area (Å²) in [4.78, 5) is 14.7. The molecule has 1 aromatic heterocycles. The van der Waals surface area contributed by atoms with Crippen molar-refractivity contribution in [1.29, 1.82) is 5.26 Å². The topological polar surface area (TPSA) is 83.2 Å². The highest BCUT2D eigenvalue weighted by Gasteiger charge is 2.24. The number of aromatic nitrogens is 1. The van der Waals surface area contributed by atoms with Gasteiger partial charge in [-0.25, -0.2) is 8.42 Å². The molecule has 2 heterocycles. The van der Waals surface area contributed by atoms with E-state index in [1.54, 1.807) is 13.1 Å². The third-order valence-electron chi connectivity index (χ3n) is 4.84. The fraction of sp³-hybridized carbons (Fsp3) is 0.368. The molecule has 0 N–H and O–H groups in total. The van der Waals surface area contributed by atoms with Gasteiger partial charge in [-0.1, -0.05) is 24.3 Å². The van der Waals surface area contributed by atoms with E-state index in [4.69, 9.17) is 0 Å². The molecule has 0 saturated carbocycles. The van der Waals surface area contributed by atoms with Gasteiger partial charge in [0, 0.05) is 37.2 Å². The van der Waals surface area contributed by atoms with Crippen LogP contribution >= 0.6 is 0 Å². The number of sulfone groups is 1. The number of benzene rings is 1. The van der Waals surface area contributed by atoms with Gasteiger partial charge in [0.1, 0.15) is 11.6 Å². The summed E-state index contributed by atoms with van der Waals surface area (Å²) in [6.07, 6.45) is 4.49. The second-order valence-corrected chi connectivity index (χ2v) is 8.63. The normalized spacial score (nSPS) is 16.3. The van der Waals surface area contributed by atoms with E-state index in [1.807, 2.05) is 24.3 Å². The molecule has 2 aromatic rings. The van der Waals surface area contributed by atoms with E-state index in [0.717, 1.165) is 23.7 Å².